The van der Waals surface area contributed by atoms with Gasteiger partial charge in [-0.3, -0.25) is 9.59 Å². The van der Waals surface area contributed by atoms with Gasteiger partial charge in [0.2, 0.25) is 11.1 Å². The van der Waals surface area contributed by atoms with Crippen molar-refractivity contribution in [1.82, 2.24) is 15.1 Å². The van der Waals surface area contributed by atoms with Crippen LogP contribution in [0.25, 0.3) is 5.69 Å². The van der Waals surface area contributed by atoms with Crippen LogP contribution in [0.2, 0.25) is 0 Å². The quantitative estimate of drug-likeness (QED) is 0.788. The highest BCUT2D eigenvalue weighted by Crippen LogP contribution is 2.10. The molecular formula is C20H25N3O4. The minimum atomic E-state index is -1.05. The molecule has 0 aliphatic heterocycles. The smallest absolute Gasteiger partial charge is 0.363 e. The Bertz CT molecular complexity index is 888. The van der Waals surface area contributed by atoms with E-state index in [0.29, 0.717) is 11.4 Å². The molecule has 7 heteroatoms. The van der Waals surface area contributed by atoms with Gasteiger partial charge in [0.1, 0.15) is 0 Å². The number of aryl methyl sites for hydroxylation is 1. The van der Waals surface area contributed by atoms with Gasteiger partial charge >= 0.3 is 5.97 Å². The molecule has 1 aromatic heterocycles. The van der Waals surface area contributed by atoms with Gasteiger partial charge in [-0.05, 0) is 46.2 Å². The number of esters is 1. The van der Waals surface area contributed by atoms with Crippen LogP contribution in [0.5, 0.6) is 0 Å². The molecule has 0 spiro atoms. The Kier molecular flexibility index (Phi) is 6.15. The fourth-order valence-corrected chi connectivity index (χ4v) is 2.31. The van der Waals surface area contributed by atoms with Crippen LogP contribution in [0.1, 0.15) is 50.3 Å². The summed E-state index contributed by atoms with van der Waals surface area (Å²) >= 11 is 0. The molecule has 1 atom stereocenters. The zero-order valence-corrected chi connectivity index (χ0v) is 16.3. The number of aromatic nitrogens is 2. The van der Waals surface area contributed by atoms with Crippen molar-refractivity contribution in [3.8, 4) is 5.69 Å². The SMILES string of the molecule is CCC(C)(C)NC(=O)[C@@H](C)OC(=O)c1nn(-c2ccccc2)c(C)cc1=O. The number of nitrogens with one attached hydrogen (secondary N) is 1. The summed E-state index contributed by atoms with van der Waals surface area (Å²) in [7, 11) is 0. The van der Waals surface area contributed by atoms with Gasteiger partial charge < -0.3 is 10.1 Å². The molecule has 2 aromatic rings. The molecule has 0 saturated heterocycles. The summed E-state index contributed by atoms with van der Waals surface area (Å²) in [6.45, 7) is 8.88. The first-order valence-electron chi connectivity index (χ1n) is 8.84. The molecule has 144 valence electrons. The monoisotopic (exact) mass is 371 g/mol. The predicted octanol–water partition coefficient (Wildman–Crippen LogP) is 2.39. The Morgan fingerprint density at radius 2 is 1.89 bits per heavy atom. The van der Waals surface area contributed by atoms with E-state index < -0.39 is 28.9 Å². The number of hydrogen-bond acceptors (Lipinski definition) is 5. The molecule has 0 fully saturated rings. The summed E-state index contributed by atoms with van der Waals surface area (Å²) in [6.07, 6.45) is -0.322. The highest BCUT2D eigenvalue weighted by molar-refractivity contribution is 5.90. The van der Waals surface area contributed by atoms with Gasteiger partial charge in [-0.2, -0.15) is 5.10 Å². The Labute approximate surface area is 158 Å². The summed E-state index contributed by atoms with van der Waals surface area (Å²) in [5.74, 6) is -1.35. The zero-order valence-electron chi connectivity index (χ0n) is 16.3. The second-order valence-electron chi connectivity index (χ2n) is 7.02. The summed E-state index contributed by atoms with van der Waals surface area (Å²) in [5.41, 5.74) is -0.0392. The molecule has 0 unspecified atom stereocenters. The first kappa shape index (κ1) is 20.4. The van der Waals surface area contributed by atoms with E-state index >= 15 is 0 Å². The van der Waals surface area contributed by atoms with Crippen molar-refractivity contribution in [3.05, 3.63) is 58.0 Å². The van der Waals surface area contributed by atoms with Crippen LogP contribution >= 0.6 is 0 Å². The fourth-order valence-electron chi connectivity index (χ4n) is 2.31. The minimum Gasteiger partial charge on any atom is -0.448 e. The van der Waals surface area contributed by atoms with E-state index in [0.717, 1.165) is 6.42 Å². The van der Waals surface area contributed by atoms with Crippen molar-refractivity contribution >= 4 is 11.9 Å². The number of carbonyl (C=O) groups is 2. The van der Waals surface area contributed by atoms with Crippen LogP contribution in [0.4, 0.5) is 0 Å². The van der Waals surface area contributed by atoms with Crippen LogP contribution in [0.3, 0.4) is 0 Å². The maximum atomic E-state index is 12.4. The average molecular weight is 371 g/mol. The maximum Gasteiger partial charge on any atom is 0.363 e. The first-order valence-corrected chi connectivity index (χ1v) is 8.84. The van der Waals surface area contributed by atoms with E-state index in [2.05, 4.69) is 10.4 Å². The minimum absolute atomic E-state index is 0.362. The summed E-state index contributed by atoms with van der Waals surface area (Å²) in [5, 5.41) is 6.95. The molecule has 0 aliphatic carbocycles. The van der Waals surface area contributed by atoms with Gasteiger partial charge in [0.15, 0.2) is 6.10 Å². The van der Waals surface area contributed by atoms with E-state index in [9.17, 15) is 14.4 Å². The Morgan fingerprint density at radius 1 is 1.26 bits per heavy atom. The van der Waals surface area contributed by atoms with Gasteiger partial charge in [0, 0.05) is 17.3 Å². The highest BCUT2D eigenvalue weighted by Gasteiger charge is 2.26. The molecular weight excluding hydrogens is 346 g/mol. The predicted molar refractivity (Wildman–Crippen MR) is 102 cm³/mol. The second kappa shape index (κ2) is 8.16. The number of ether oxygens (including phenoxy) is 1. The lowest BCUT2D eigenvalue weighted by Gasteiger charge is -2.26. The van der Waals surface area contributed by atoms with Crippen molar-refractivity contribution in [2.24, 2.45) is 0 Å². The lowest BCUT2D eigenvalue weighted by molar-refractivity contribution is -0.130. The van der Waals surface area contributed by atoms with E-state index in [1.54, 1.807) is 6.92 Å². The molecule has 1 aromatic carbocycles. The fraction of sp³-hybridized carbons (Fsp3) is 0.400. The Hall–Kier alpha value is -2.96. The van der Waals surface area contributed by atoms with Crippen molar-refractivity contribution in [1.29, 1.82) is 0 Å². The highest BCUT2D eigenvalue weighted by atomic mass is 16.5. The topological polar surface area (TPSA) is 90.3 Å². The van der Waals surface area contributed by atoms with Crippen molar-refractivity contribution in [2.75, 3.05) is 0 Å². The standard InChI is InChI=1S/C20H25N3O4/c1-6-20(4,5)21-18(25)14(3)27-19(26)17-16(24)12-13(2)23(22-17)15-10-8-7-9-11-15/h7-12,14H,6H2,1-5H3,(H,21,25)/t14-/m1/s1. The van der Waals surface area contributed by atoms with E-state index in [1.165, 1.54) is 17.7 Å². The van der Waals surface area contributed by atoms with E-state index in [-0.39, 0.29) is 5.69 Å². The van der Waals surface area contributed by atoms with Crippen LogP contribution in [0.15, 0.2) is 41.2 Å². The molecule has 0 aliphatic rings. The third kappa shape index (κ3) is 5.03. The number of amides is 1. The normalized spacial score (nSPS) is 12.3. The van der Waals surface area contributed by atoms with Gasteiger partial charge in [-0.25, -0.2) is 9.48 Å². The van der Waals surface area contributed by atoms with Crippen molar-refractivity contribution in [2.45, 2.75) is 52.7 Å². The molecule has 0 saturated carbocycles. The Morgan fingerprint density at radius 3 is 2.48 bits per heavy atom. The lowest BCUT2D eigenvalue weighted by atomic mass is 10.0. The lowest BCUT2D eigenvalue weighted by Crippen LogP contribution is -2.48. The van der Waals surface area contributed by atoms with Crippen molar-refractivity contribution < 1.29 is 14.3 Å². The summed E-state index contributed by atoms with van der Waals surface area (Å²) in [6, 6.07) is 10.4. The van der Waals surface area contributed by atoms with Crippen LogP contribution in [0, 0.1) is 6.92 Å². The van der Waals surface area contributed by atoms with Gasteiger partial charge in [-0.1, -0.05) is 25.1 Å². The summed E-state index contributed by atoms with van der Waals surface area (Å²) in [4.78, 5) is 36.9. The van der Waals surface area contributed by atoms with Gasteiger partial charge in [-0.15, -0.1) is 0 Å². The summed E-state index contributed by atoms with van der Waals surface area (Å²) < 4.78 is 6.66. The van der Waals surface area contributed by atoms with Crippen LogP contribution < -0.4 is 10.7 Å². The number of benzene rings is 1. The maximum absolute atomic E-state index is 12.4. The van der Waals surface area contributed by atoms with E-state index in [4.69, 9.17) is 4.74 Å². The molecule has 1 heterocycles. The largest absolute Gasteiger partial charge is 0.448 e. The number of rotatable bonds is 6. The molecule has 7 nitrogen and oxygen atoms in total. The molecule has 27 heavy (non-hydrogen) atoms. The zero-order chi connectivity index (χ0) is 20.2. The molecule has 1 amide bonds. The molecule has 1 N–H and O–H groups in total. The third-order valence-corrected chi connectivity index (χ3v) is 4.30. The van der Waals surface area contributed by atoms with Gasteiger partial charge in [0.05, 0.1) is 5.69 Å². The average Bonchev–Trinajstić information content (AvgIpc) is 2.62. The molecule has 0 bridgehead atoms. The van der Waals surface area contributed by atoms with Crippen molar-refractivity contribution in [3.63, 3.8) is 0 Å². The third-order valence-electron chi connectivity index (χ3n) is 4.30. The van der Waals surface area contributed by atoms with E-state index in [1.807, 2.05) is 51.1 Å². The number of carbonyl (C=O) groups excluding carboxylic acids is 2. The molecule has 0 radical (unpaired) electrons. The van der Waals surface area contributed by atoms with Gasteiger partial charge in [0.25, 0.3) is 5.91 Å². The van der Waals surface area contributed by atoms with Crippen LogP contribution in [-0.4, -0.2) is 33.3 Å². The first-order chi connectivity index (χ1) is 12.6. The second-order valence-corrected chi connectivity index (χ2v) is 7.02. The number of nitrogens with zero attached hydrogens (tertiary/aromatic N) is 2. The van der Waals surface area contributed by atoms with Crippen LogP contribution in [-0.2, 0) is 9.53 Å². The Balaban J connectivity index is 2.24. The number of hydrogen-bond donors (Lipinski definition) is 1. The molecule has 2 rings (SSSR count). The number of para-hydroxylation sites is 1.